The lowest BCUT2D eigenvalue weighted by molar-refractivity contribution is -0.293. The number of pyridine rings is 2. The number of carbonyl (C=O) groups is 3. The number of piperidine rings is 1. The van der Waals surface area contributed by atoms with E-state index in [0.29, 0.717) is 12.8 Å². The fraction of sp³-hybridized carbons (Fsp3) is 0.382. The molecule has 5 rings (SSSR count). The van der Waals surface area contributed by atoms with E-state index in [-0.39, 0.29) is 32.1 Å². The van der Waals surface area contributed by atoms with Gasteiger partial charge in [0.05, 0.1) is 24.1 Å². The SMILES string of the molecule is CC1(C)CC(N(CC(N)=O)C(=O)CN(Cc2ccccc2)C(=O)CNc2cc3cccnc3c3ncccc23)CC(C)(C)N1[O]. The summed E-state index contributed by atoms with van der Waals surface area (Å²) >= 11 is 0. The lowest BCUT2D eigenvalue weighted by atomic mass is 9.78. The van der Waals surface area contributed by atoms with Crippen LogP contribution >= 0.6 is 0 Å². The summed E-state index contributed by atoms with van der Waals surface area (Å²) in [6, 6.07) is 18.5. The van der Waals surface area contributed by atoms with Gasteiger partial charge in [0.25, 0.3) is 0 Å². The summed E-state index contributed by atoms with van der Waals surface area (Å²) in [5, 5.41) is 19.0. The van der Waals surface area contributed by atoms with Gasteiger partial charge in [-0.25, -0.2) is 0 Å². The Balaban J connectivity index is 1.40. The first-order valence-electron chi connectivity index (χ1n) is 15.1. The van der Waals surface area contributed by atoms with Gasteiger partial charge in [0.1, 0.15) is 6.54 Å². The summed E-state index contributed by atoms with van der Waals surface area (Å²) in [4.78, 5) is 52.0. The van der Waals surface area contributed by atoms with E-state index in [0.717, 1.165) is 38.1 Å². The van der Waals surface area contributed by atoms with Crippen molar-refractivity contribution in [1.82, 2.24) is 24.8 Å². The number of nitrogens with one attached hydrogen (secondary N) is 1. The van der Waals surface area contributed by atoms with Crippen molar-refractivity contribution in [3.05, 3.63) is 78.6 Å². The molecule has 4 aromatic rings. The van der Waals surface area contributed by atoms with Gasteiger partial charge in [0, 0.05) is 52.5 Å². The molecule has 1 fully saturated rings. The molecular formula is C34H40N7O4. The maximum Gasteiger partial charge on any atom is 0.242 e. The molecule has 11 nitrogen and oxygen atoms in total. The molecule has 235 valence electrons. The zero-order valence-corrected chi connectivity index (χ0v) is 26.2. The molecular weight excluding hydrogens is 570 g/mol. The highest BCUT2D eigenvalue weighted by atomic mass is 16.5. The topological polar surface area (TPSA) is 145 Å². The normalized spacial score (nSPS) is 16.4. The molecule has 11 heteroatoms. The van der Waals surface area contributed by atoms with Crippen molar-refractivity contribution in [2.24, 2.45) is 5.73 Å². The summed E-state index contributed by atoms with van der Waals surface area (Å²) in [7, 11) is 0. The number of hydroxylamine groups is 2. The van der Waals surface area contributed by atoms with E-state index in [2.05, 4.69) is 15.3 Å². The number of nitrogens with zero attached hydrogens (tertiary/aromatic N) is 5. The van der Waals surface area contributed by atoms with Crippen LogP contribution in [-0.2, 0) is 26.1 Å². The Bertz CT molecular complexity index is 1690. The van der Waals surface area contributed by atoms with Gasteiger partial charge < -0.3 is 20.9 Å². The average molecular weight is 611 g/mol. The van der Waals surface area contributed by atoms with Crippen LogP contribution in [0.1, 0.15) is 46.1 Å². The number of nitrogens with two attached hydrogens (primary N) is 1. The highest BCUT2D eigenvalue weighted by Crippen LogP contribution is 2.39. The molecule has 1 aliphatic rings. The third-order valence-corrected chi connectivity index (χ3v) is 8.44. The van der Waals surface area contributed by atoms with E-state index >= 15 is 0 Å². The van der Waals surface area contributed by atoms with E-state index in [4.69, 9.17) is 5.73 Å². The third kappa shape index (κ3) is 7.05. The Kier molecular flexibility index (Phi) is 9.03. The molecule has 0 saturated carbocycles. The van der Waals surface area contributed by atoms with Crippen molar-refractivity contribution in [2.45, 2.75) is 64.2 Å². The second-order valence-electron chi connectivity index (χ2n) is 13.0. The maximum absolute atomic E-state index is 14.0. The number of primary amides is 1. The third-order valence-electron chi connectivity index (χ3n) is 8.44. The van der Waals surface area contributed by atoms with Crippen LogP contribution in [0.2, 0.25) is 0 Å². The highest BCUT2D eigenvalue weighted by molar-refractivity contribution is 6.09. The molecule has 0 spiro atoms. The molecule has 3 heterocycles. The first-order valence-corrected chi connectivity index (χ1v) is 15.1. The molecule has 3 amide bonds. The summed E-state index contributed by atoms with van der Waals surface area (Å²) in [5.74, 6) is -1.36. The molecule has 3 N–H and O–H groups in total. The predicted molar refractivity (Wildman–Crippen MR) is 172 cm³/mol. The Hall–Kier alpha value is -4.61. The zero-order valence-electron chi connectivity index (χ0n) is 26.2. The number of carbonyl (C=O) groups excluding carboxylic acids is 3. The number of anilines is 1. The van der Waals surface area contributed by atoms with Gasteiger partial charge >= 0.3 is 0 Å². The van der Waals surface area contributed by atoms with Crippen LogP contribution in [-0.4, -0.2) is 79.3 Å². The molecule has 2 aromatic carbocycles. The van der Waals surface area contributed by atoms with Crippen molar-refractivity contribution in [2.75, 3.05) is 25.0 Å². The first kappa shape index (κ1) is 31.8. The minimum atomic E-state index is -0.765. The van der Waals surface area contributed by atoms with Crippen LogP contribution < -0.4 is 11.1 Å². The Morgan fingerprint density at radius 2 is 1.53 bits per heavy atom. The quantitative estimate of drug-likeness (QED) is 0.259. The number of aromatic nitrogens is 2. The Labute approximate surface area is 263 Å². The summed E-state index contributed by atoms with van der Waals surface area (Å²) < 4.78 is 0. The number of rotatable bonds is 10. The smallest absolute Gasteiger partial charge is 0.242 e. The summed E-state index contributed by atoms with van der Waals surface area (Å²) in [6.45, 7) is 6.88. The lowest BCUT2D eigenvalue weighted by Gasteiger charge is -2.52. The minimum absolute atomic E-state index is 0.0830. The van der Waals surface area contributed by atoms with E-state index in [1.807, 2.05) is 88.4 Å². The monoisotopic (exact) mass is 610 g/mol. The maximum atomic E-state index is 14.0. The largest absolute Gasteiger partial charge is 0.376 e. The van der Waals surface area contributed by atoms with Gasteiger partial charge in [-0.3, -0.25) is 24.4 Å². The van der Waals surface area contributed by atoms with Crippen molar-refractivity contribution in [3.63, 3.8) is 0 Å². The van der Waals surface area contributed by atoms with Gasteiger partial charge in [0.15, 0.2) is 0 Å². The molecule has 1 aliphatic heterocycles. The second kappa shape index (κ2) is 12.8. The standard InChI is InChI=1S/C34H40N7O4/c1-33(2)17-25(18-34(3,4)41(33)45)40(21-28(35)42)30(44)22-39(20-23-10-6-5-7-11-23)29(43)19-38-27-16-24-12-8-14-36-31(24)32-26(27)13-9-15-37-32/h5-16,25,38H,17-22H2,1-4H3,(H2,35,42). The number of fused-ring (bicyclic) bond motifs is 3. The van der Waals surface area contributed by atoms with E-state index in [9.17, 15) is 19.6 Å². The van der Waals surface area contributed by atoms with Crippen LogP contribution in [0.25, 0.3) is 21.8 Å². The minimum Gasteiger partial charge on any atom is -0.376 e. The van der Waals surface area contributed by atoms with Gasteiger partial charge in [-0.1, -0.05) is 36.4 Å². The molecule has 1 radical (unpaired) electrons. The van der Waals surface area contributed by atoms with Crippen LogP contribution in [0, 0.1) is 0 Å². The van der Waals surface area contributed by atoms with Crippen molar-refractivity contribution < 1.29 is 19.6 Å². The van der Waals surface area contributed by atoms with E-state index < -0.39 is 28.9 Å². The van der Waals surface area contributed by atoms with Crippen molar-refractivity contribution in [3.8, 4) is 0 Å². The molecule has 0 aliphatic carbocycles. The molecule has 0 atom stereocenters. The molecule has 0 unspecified atom stereocenters. The second-order valence-corrected chi connectivity index (χ2v) is 13.0. The summed E-state index contributed by atoms with van der Waals surface area (Å²) in [6.07, 6.45) is 4.16. The Morgan fingerprint density at radius 3 is 2.20 bits per heavy atom. The van der Waals surface area contributed by atoms with Crippen LogP contribution in [0.3, 0.4) is 0 Å². The van der Waals surface area contributed by atoms with E-state index in [1.165, 1.54) is 9.80 Å². The highest BCUT2D eigenvalue weighted by Gasteiger charge is 2.48. The van der Waals surface area contributed by atoms with Gasteiger partial charge in [0.2, 0.25) is 17.7 Å². The first-order chi connectivity index (χ1) is 21.4. The number of amides is 3. The van der Waals surface area contributed by atoms with Crippen LogP contribution in [0.4, 0.5) is 5.69 Å². The average Bonchev–Trinajstić information content (AvgIpc) is 3.01. The lowest BCUT2D eigenvalue weighted by Crippen LogP contribution is -2.64. The number of benzene rings is 2. The summed E-state index contributed by atoms with van der Waals surface area (Å²) in [5.41, 5.74) is 7.15. The predicted octanol–water partition coefficient (Wildman–Crippen LogP) is 3.90. The molecule has 45 heavy (non-hydrogen) atoms. The fourth-order valence-corrected chi connectivity index (χ4v) is 6.52. The van der Waals surface area contributed by atoms with Crippen LogP contribution in [0.15, 0.2) is 73.1 Å². The van der Waals surface area contributed by atoms with Crippen molar-refractivity contribution in [1.29, 1.82) is 0 Å². The van der Waals surface area contributed by atoms with Gasteiger partial charge in [-0.15, -0.1) is 10.3 Å². The van der Waals surface area contributed by atoms with Crippen LogP contribution in [0.5, 0.6) is 0 Å². The van der Waals surface area contributed by atoms with Crippen molar-refractivity contribution >= 4 is 45.2 Å². The molecule has 0 bridgehead atoms. The molecule has 1 saturated heterocycles. The fourth-order valence-electron chi connectivity index (χ4n) is 6.52. The van der Waals surface area contributed by atoms with Gasteiger partial charge in [-0.05, 0) is 70.4 Å². The van der Waals surface area contributed by atoms with E-state index in [1.54, 1.807) is 12.4 Å². The molecule has 2 aromatic heterocycles. The van der Waals surface area contributed by atoms with Gasteiger partial charge in [-0.2, -0.15) is 0 Å². The zero-order chi connectivity index (χ0) is 32.4. The Morgan fingerprint density at radius 1 is 0.889 bits per heavy atom. The number of hydrogen-bond acceptors (Lipinski definition) is 7. The number of hydrogen-bond donors (Lipinski definition) is 2.